The highest BCUT2D eigenvalue weighted by Gasteiger charge is 2.20. The van der Waals surface area contributed by atoms with Crippen molar-refractivity contribution in [1.82, 2.24) is 15.1 Å². The van der Waals surface area contributed by atoms with Gasteiger partial charge in [-0.3, -0.25) is 19.4 Å². The fourth-order valence-electron chi connectivity index (χ4n) is 3.51. The maximum Gasteiger partial charge on any atom is 0.238 e. The average Bonchev–Trinajstić information content (AvgIpc) is 2.75. The molecule has 0 spiro atoms. The van der Waals surface area contributed by atoms with Gasteiger partial charge in [-0.05, 0) is 35.7 Å². The Morgan fingerprint density at radius 2 is 1.50 bits per heavy atom. The molecule has 2 aromatic rings. The first-order valence-corrected chi connectivity index (χ1v) is 10.4. The first-order valence-electron chi connectivity index (χ1n) is 10.4. The molecular weight excluding hydrogens is 383 g/mol. The summed E-state index contributed by atoms with van der Waals surface area (Å²) in [4.78, 5) is 28.8. The molecule has 2 N–H and O–H groups in total. The number of halogens is 1. The lowest BCUT2D eigenvalue weighted by atomic mass is 10.1. The number of carbonyl (C=O) groups excluding carboxylic acids is 2. The van der Waals surface area contributed by atoms with E-state index in [2.05, 4.69) is 27.4 Å². The van der Waals surface area contributed by atoms with E-state index in [-0.39, 0.29) is 17.6 Å². The minimum atomic E-state index is -0.286. The quantitative estimate of drug-likeness (QED) is 0.698. The van der Waals surface area contributed by atoms with Crippen molar-refractivity contribution in [3.63, 3.8) is 0 Å². The Bertz CT molecular complexity index is 849. The highest BCUT2D eigenvalue weighted by atomic mass is 19.1. The van der Waals surface area contributed by atoms with Gasteiger partial charge in [-0.25, -0.2) is 4.39 Å². The van der Waals surface area contributed by atoms with Gasteiger partial charge in [-0.15, -0.1) is 0 Å². The highest BCUT2D eigenvalue weighted by molar-refractivity contribution is 5.93. The molecule has 0 bridgehead atoms. The molecule has 0 saturated carbocycles. The second-order valence-corrected chi connectivity index (χ2v) is 7.51. The third-order valence-electron chi connectivity index (χ3n) is 5.27. The molecule has 1 heterocycles. The maximum atomic E-state index is 12.9. The number of carbonyl (C=O) groups is 2. The van der Waals surface area contributed by atoms with Crippen LogP contribution in [-0.2, 0) is 22.6 Å². The van der Waals surface area contributed by atoms with E-state index in [0.717, 1.165) is 49.4 Å². The minimum absolute atomic E-state index is 0.0126. The number of piperazine rings is 1. The maximum absolute atomic E-state index is 12.9. The Morgan fingerprint density at radius 3 is 2.13 bits per heavy atom. The van der Waals surface area contributed by atoms with E-state index in [1.807, 2.05) is 24.3 Å². The van der Waals surface area contributed by atoms with Crippen LogP contribution in [0, 0.1) is 5.82 Å². The Morgan fingerprint density at radius 1 is 0.900 bits per heavy atom. The van der Waals surface area contributed by atoms with Gasteiger partial charge in [0.1, 0.15) is 5.82 Å². The first-order chi connectivity index (χ1) is 14.5. The Kier molecular flexibility index (Phi) is 7.93. The summed E-state index contributed by atoms with van der Waals surface area (Å²) >= 11 is 0. The third-order valence-corrected chi connectivity index (χ3v) is 5.27. The van der Waals surface area contributed by atoms with Crippen molar-refractivity contribution in [2.45, 2.75) is 19.9 Å². The number of para-hydroxylation sites is 1. The summed E-state index contributed by atoms with van der Waals surface area (Å²) in [6.45, 7) is 6.10. The Balaban J connectivity index is 1.36. The zero-order valence-electron chi connectivity index (χ0n) is 17.4. The lowest BCUT2D eigenvalue weighted by Crippen LogP contribution is -2.50. The van der Waals surface area contributed by atoms with Crippen molar-refractivity contribution in [3.05, 3.63) is 65.5 Å². The van der Waals surface area contributed by atoms with Crippen molar-refractivity contribution >= 4 is 17.5 Å². The molecule has 0 atom stereocenters. The van der Waals surface area contributed by atoms with E-state index >= 15 is 0 Å². The normalized spacial score (nSPS) is 15.0. The number of benzene rings is 2. The molecule has 1 saturated heterocycles. The summed E-state index contributed by atoms with van der Waals surface area (Å²) in [6, 6.07) is 14.0. The van der Waals surface area contributed by atoms with E-state index in [0.29, 0.717) is 19.6 Å². The van der Waals surface area contributed by atoms with Crippen molar-refractivity contribution in [2.24, 2.45) is 0 Å². The summed E-state index contributed by atoms with van der Waals surface area (Å²) in [7, 11) is 0. The SMILES string of the molecule is CCc1ccccc1NC(=O)CN1CCN(CC(=O)NCc2ccc(F)cc2)CC1. The van der Waals surface area contributed by atoms with Gasteiger partial charge in [-0.1, -0.05) is 37.3 Å². The number of rotatable bonds is 8. The Labute approximate surface area is 177 Å². The minimum Gasteiger partial charge on any atom is -0.351 e. The molecule has 0 radical (unpaired) electrons. The highest BCUT2D eigenvalue weighted by Crippen LogP contribution is 2.15. The standard InChI is InChI=1S/C23H29FN4O2/c1-2-19-5-3-4-6-21(19)26-23(30)17-28-13-11-27(12-14-28)16-22(29)25-15-18-7-9-20(24)10-8-18/h3-10H,2,11-17H2,1H3,(H,25,29)(H,26,30). The molecule has 1 aliphatic heterocycles. The van der Waals surface area contributed by atoms with E-state index in [4.69, 9.17) is 0 Å². The molecule has 160 valence electrons. The van der Waals surface area contributed by atoms with Gasteiger partial charge in [0.05, 0.1) is 13.1 Å². The average molecular weight is 413 g/mol. The first kappa shape index (κ1) is 21.9. The van der Waals surface area contributed by atoms with Crippen LogP contribution in [-0.4, -0.2) is 60.9 Å². The van der Waals surface area contributed by atoms with Crippen LogP contribution >= 0.6 is 0 Å². The molecule has 30 heavy (non-hydrogen) atoms. The molecule has 7 heteroatoms. The van der Waals surface area contributed by atoms with E-state index in [1.54, 1.807) is 12.1 Å². The monoisotopic (exact) mass is 412 g/mol. The zero-order chi connectivity index (χ0) is 21.3. The number of nitrogens with one attached hydrogen (secondary N) is 2. The van der Waals surface area contributed by atoms with E-state index in [9.17, 15) is 14.0 Å². The Hall–Kier alpha value is -2.77. The summed E-state index contributed by atoms with van der Waals surface area (Å²) in [5, 5.41) is 5.87. The fourth-order valence-corrected chi connectivity index (χ4v) is 3.51. The van der Waals surface area contributed by atoms with Crippen LogP contribution in [0.15, 0.2) is 48.5 Å². The summed E-state index contributed by atoms with van der Waals surface area (Å²) in [6.07, 6.45) is 0.873. The summed E-state index contributed by atoms with van der Waals surface area (Å²) in [5.41, 5.74) is 2.87. The van der Waals surface area contributed by atoms with Crippen molar-refractivity contribution < 1.29 is 14.0 Å². The summed E-state index contributed by atoms with van der Waals surface area (Å²) in [5.74, 6) is -0.353. The predicted octanol–water partition coefficient (Wildman–Crippen LogP) is 2.26. The smallest absolute Gasteiger partial charge is 0.238 e. The molecule has 3 rings (SSSR count). The molecule has 6 nitrogen and oxygen atoms in total. The van der Waals surface area contributed by atoms with Crippen LogP contribution in [0.2, 0.25) is 0 Å². The van der Waals surface area contributed by atoms with Crippen LogP contribution in [0.4, 0.5) is 10.1 Å². The van der Waals surface area contributed by atoms with Crippen LogP contribution in [0.25, 0.3) is 0 Å². The van der Waals surface area contributed by atoms with Crippen LogP contribution in [0.3, 0.4) is 0 Å². The molecule has 0 aliphatic carbocycles. The number of anilines is 1. The fraction of sp³-hybridized carbons (Fsp3) is 0.391. The van der Waals surface area contributed by atoms with Gasteiger partial charge in [0.15, 0.2) is 0 Å². The second-order valence-electron chi connectivity index (χ2n) is 7.51. The molecule has 0 aromatic heterocycles. The van der Waals surface area contributed by atoms with Crippen LogP contribution in [0.5, 0.6) is 0 Å². The molecule has 0 unspecified atom stereocenters. The molecule has 1 aliphatic rings. The van der Waals surface area contributed by atoms with E-state index in [1.165, 1.54) is 12.1 Å². The molecule has 2 aromatic carbocycles. The molecular formula is C23H29FN4O2. The van der Waals surface area contributed by atoms with Gasteiger partial charge in [0, 0.05) is 38.4 Å². The number of nitrogens with zero attached hydrogens (tertiary/aromatic N) is 2. The number of hydrogen-bond donors (Lipinski definition) is 2. The number of hydrogen-bond acceptors (Lipinski definition) is 4. The molecule has 2 amide bonds. The lowest BCUT2D eigenvalue weighted by Gasteiger charge is -2.33. The van der Waals surface area contributed by atoms with Gasteiger partial charge >= 0.3 is 0 Å². The van der Waals surface area contributed by atoms with Crippen molar-refractivity contribution in [2.75, 3.05) is 44.6 Å². The van der Waals surface area contributed by atoms with Crippen molar-refractivity contribution in [1.29, 1.82) is 0 Å². The molecule has 1 fully saturated rings. The van der Waals surface area contributed by atoms with Gasteiger partial charge < -0.3 is 10.6 Å². The number of amides is 2. The largest absolute Gasteiger partial charge is 0.351 e. The third kappa shape index (κ3) is 6.64. The van der Waals surface area contributed by atoms with Crippen molar-refractivity contribution in [3.8, 4) is 0 Å². The van der Waals surface area contributed by atoms with Crippen LogP contribution in [0.1, 0.15) is 18.1 Å². The topological polar surface area (TPSA) is 64.7 Å². The summed E-state index contributed by atoms with van der Waals surface area (Å²) < 4.78 is 12.9. The van der Waals surface area contributed by atoms with Gasteiger partial charge in [0.2, 0.25) is 11.8 Å². The van der Waals surface area contributed by atoms with Crippen LogP contribution < -0.4 is 10.6 Å². The van der Waals surface area contributed by atoms with Gasteiger partial charge in [0.25, 0.3) is 0 Å². The number of aryl methyl sites for hydroxylation is 1. The van der Waals surface area contributed by atoms with Gasteiger partial charge in [-0.2, -0.15) is 0 Å². The van der Waals surface area contributed by atoms with E-state index < -0.39 is 0 Å². The lowest BCUT2D eigenvalue weighted by molar-refractivity contribution is -0.123. The predicted molar refractivity (Wildman–Crippen MR) is 116 cm³/mol. The zero-order valence-corrected chi connectivity index (χ0v) is 17.4. The second kappa shape index (κ2) is 10.8.